The van der Waals surface area contributed by atoms with Gasteiger partial charge in [-0.2, -0.15) is 0 Å². The fourth-order valence-corrected chi connectivity index (χ4v) is 2.03. The van der Waals surface area contributed by atoms with E-state index >= 15 is 0 Å². The van der Waals surface area contributed by atoms with Gasteiger partial charge in [0.05, 0.1) is 6.54 Å². The predicted molar refractivity (Wildman–Crippen MR) is 76.5 cm³/mol. The lowest BCUT2D eigenvalue weighted by Gasteiger charge is -2.06. The maximum Gasteiger partial charge on any atom is 0.328 e. The van der Waals surface area contributed by atoms with Gasteiger partial charge in [0.1, 0.15) is 5.82 Å². The van der Waals surface area contributed by atoms with Gasteiger partial charge in [-0.15, -0.1) is 0 Å². The summed E-state index contributed by atoms with van der Waals surface area (Å²) in [5, 5.41) is 3.17. The second kappa shape index (κ2) is 6.22. The zero-order chi connectivity index (χ0) is 13.7. The summed E-state index contributed by atoms with van der Waals surface area (Å²) in [5.74, 6) is 0.848. The Morgan fingerprint density at radius 1 is 1.26 bits per heavy atom. The molecule has 0 aliphatic rings. The molecule has 0 bridgehead atoms. The molecule has 0 amide bonds. The smallest absolute Gasteiger partial charge is 0.328 e. The normalized spacial score (nSPS) is 10.6. The first-order chi connectivity index (χ1) is 9.24. The van der Waals surface area contributed by atoms with Gasteiger partial charge < -0.3 is 5.32 Å². The highest BCUT2D eigenvalue weighted by atomic mass is 16.1. The van der Waals surface area contributed by atoms with Crippen LogP contribution in [0.15, 0.2) is 35.5 Å². The lowest BCUT2D eigenvalue weighted by Crippen LogP contribution is -2.24. The molecule has 0 aromatic carbocycles. The van der Waals surface area contributed by atoms with E-state index in [0.29, 0.717) is 6.54 Å². The first kappa shape index (κ1) is 13.4. The monoisotopic (exact) mass is 260 g/mol. The Bertz CT molecular complexity index is 585. The number of hydrogen-bond donors (Lipinski definition) is 1. The molecule has 0 atom stereocenters. The number of hydrogen-bond acceptors (Lipinski definition) is 3. The summed E-state index contributed by atoms with van der Waals surface area (Å²) in [7, 11) is 0. The lowest BCUT2D eigenvalue weighted by atomic mass is 10.2. The van der Waals surface area contributed by atoms with Crippen LogP contribution in [0.25, 0.3) is 0 Å². The van der Waals surface area contributed by atoms with Crippen molar-refractivity contribution in [2.75, 3.05) is 11.9 Å². The highest BCUT2D eigenvalue weighted by molar-refractivity contribution is 5.37. The van der Waals surface area contributed by atoms with Gasteiger partial charge in [0, 0.05) is 31.7 Å². The Morgan fingerprint density at radius 2 is 2.05 bits per heavy atom. The fraction of sp³-hybridized carbons (Fsp3) is 0.429. The number of aryl methyl sites for hydroxylation is 1. The van der Waals surface area contributed by atoms with Crippen molar-refractivity contribution >= 4 is 5.82 Å². The van der Waals surface area contributed by atoms with Crippen LogP contribution in [0.2, 0.25) is 0 Å². The van der Waals surface area contributed by atoms with Crippen LogP contribution in [0, 0.1) is 0 Å². The maximum absolute atomic E-state index is 12.1. The summed E-state index contributed by atoms with van der Waals surface area (Å²) in [6, 6.07) is 3.91. The molecule has 2 aromatic rings. The lowest BCUT2D eigenvalue weighted by molar-refractivity contribution is 0.624. The third-order valence-corrected chi connectivity index (χ3v) is 2.92. The zero-order valence-corrected chi connectivity index (χ0v) is 11.5. The van der Waals surface area contributed by atoms with Crippen molar-refractivity contribution in [3.05, 3.63) is 46.8 Å². The maximum atomic E-state index is 12.1. The largest absolute Gasteiger partial charge is 0.370 e. The second-order valence-electron chi connectivity index (χ2n) is 4.48. The molecule has 2 aromatic heterocycles. The molecule has 5 nitrogen and oxygen atoms in total. The van der Waals surface area contributed by atoms with Crippen molar-refractivity contribution in [1.29, 1.82) is 0 Å². The minimum Gasteiger partial charge on any atom is -0.370 e. The quantitative estimate of drug-likeness (QED) is 0.863. The molecule has 0 spiro atoms. The van der Waals surface area contributed by atoms with Crippen LogP contribution in [0.5, 0.6) is 0 Å². The number of aromatic nitrogens is 3. The van der Waals surface area contributed by atoms with Gasteiger partial charge >= 0.3 is 5.69 Å². The average Bonchev–Trinajstić information content (AvgIpc) is 2.73. The fourth-order valence-electron chi connectivity index (χ4n) is 2.03. The summed E-state index contributed by atoms with van der Waals surface area (Å²) < 4.78 is 3.47. The molecule has 102 valence electrons. The van der Waals surface area contributed by atoms with Crippen molar-refractivity contribution in [3.63, 3.8) is 0 Å². The molecule has 0 saturated heterocycles. The Morgan fingerprint density at radius 3 is 2.79 bits per heavy atom. The van der Waals surface area contributed by atoms with E-state index in [1.807, 2.05) is 31.5 Å². The topological polar surface area (TPSA) is 51.9 Å². The minimum atomic E-state index is 0.0451. The number of imidazole rings is 1. The first-order valence-corrected chi connectivity index (χ1v) is 6.69. The van der Waals surface area contributed by atoms with Crippen LogP contribution in [-0.4, -0.2) is 20.7 Å². The third-order valence-electron chi connectivity index (χ3n) is 2.92. The molecule has 2 rings (SSSR count). The van der Waals surface area contributed by atoms with E-state index in [1.54, 1.807) is 15.3 Å². The molecule has 19 heavy (non-hydrogen) atoms. The SMILES string of the molecule is CCCn1ccn(Cc2ccnc(NCC)c2)c1=O. The van der Waals surface area contributed by atoms with Crippen molar-refractivity contribution in [2.45, 2.75) is 33.4 Å². The predicted octanol–water partition coefficient (Wildman–Crippen LogP) is 1.93. The molecular weight excluding hydrogens is 240 g/mol. The van der Waals surface area contributed by atoms with Gasteiger partial charge in [-0.3, -0.25) is 9.13 Å². The number of nitrogens with one attached hydrogen (secondary N) is 1. The van der Waals surface area contributed by atoms with E-state index in [1.165, 1.54) is 0 Å². The molecule has 0 unspecified atom stereocenters. The van der Waals surface area contributed by atoms with E-state index in [2.05, 4.69) is 17.2 Å². The van der Waals surface area contributed by atoms with Crippen molar-refractivity contribution in [3.8, 4) is 0 Å². The van der Waals surface area contributed by atoms with Gasteiger partial charge in [-0.1, -0.05) is 6.92 Å². The highest BCUT2D eigenvalue weighted by Gasteiger charge is 2.04. The van der Waals surface area contributed by atoms with Gasteiger partial charge in [0.15, 0.2) is 0 Å². The Balaban J connectivity index is 2.16. The minimum absolute atomic E-state index is 0.0451. The molecule has 0 radical (unpaired) electrons. The Labute approximate surface area is 112 Å². The van der Waals surface area contributed by atoms with Crippen molar-refractivity contribution < 1.29 is 0 Å². The second-order valence-corrected chi connectivity index (χ2v) is 4.48. The molecule has 0 saturated carbocycles. The first-order valence-electron chi connectivity index (χ1n) is 6.69. The summed E-state index contributed by atoms with van der Waals surface area (Å²) in [5.41, 5.74) is 1.12. The van der Waals surface area contributed by atoms with Crippen LogP contribution >= 0.6 is 0 Å². The van der Waals surface area contributed by atoms with Crippen LogP contribution in [0.3, 0.4) is 0 Å². The van der Waals surface area contributed by atoms with E-state index in [-0.39, 0.29) is 5.69 Å². The number of nitrogens with zero attached hydrogens (tertiary/aromatic N) is 3. The van der Waals surface area contributed by atoms with Crippen LogP contribution in [-0.2, 0) is 13.1 Å². The van der Waals surface area contributed by atoms with Crippen molar-refractivity contribution in [2.24, 2.45) is 0 Å². The summed E-state index contributed by atoms with van der Waals surface area (Å²) >= 11 is 0. The number of anilines is 1. The highest BCUT2D eigenvalue weighted by Crippen LogP contribution is 2.07. The Kier molecular flexibility index (Phi) is 4.39. The average molecular weight is 260 g/mol. The van der Waals surface area contributed by atoms with Gasteiger partial charge in [0.25, 0.3) is 0 Å². The van der Waals surface area contributed by atoms with E-state index in [4.69, 9.17) is 0 Å². The number of pyridine rings is 1. The molecular formula is C14H20N4O. The van der Waals surface area contributed by atoms with Crippen molar-refractivity contribution in [1.82, 2.24) is 14.1 Å². The number of rotatable bonds is 6. The summed E-state index contributed by atoms with van der Waals surface area (Å²) in [6.07, 6.45) is 6.41. The van der Waals surface area contributed by atoms with Gasteiger partial charge in [-0.05, 0) is 31.0 Å². The van der Waals surface area contributed by atoms with E-state index in [0.717, 1.165) is 30.9 Å². The standard InChI is InChI=1S/C14H20N4O/c1-3-7-17-8-9-18(14(17)19)11-12-5-6-16-13(10-12)15-4-2/h5-6,8-10H,3-4,7,11H2,1-2H3,(H,15,16). The molecule has 0 aliphatic heterocycles. The molecule has 1 N–H and O–H groups in total. The molecule has 0 aliphatic carbocycles. The van der Waals surface area contributed by atoms with Crippen LogP contribution in [0.4, 0.5) is 5.82 Å². The zero-order valence-electron chi connectivity index (χ0n) is 11.5. The van der Waals surface area contributed by atoms with Gasteiger partial charge in [0.2, 0.25) is 0 Å². The molecule has 0 fully saturated rings. The molecule has 2 heterocycles. The van der Waals surface area contributed by atoms with Gasteiger partial charge in [-0.25, -0.2) is 9.78 Å². The van der Waals surface area contributed by atoms with E-state index < -0.39 is 0 Å². The van der Waals surface area contributed by atoms with Crippen LogP contribution < -0.4 is 11.0 Å². The molecule has 5 heteroatoms. The van der Waals surface area contributed by atoms with E-state index in [9.17, 15) is 4.79 Å². The summed E-state index contributed by atoms with van der Waals surface area (Å²) in [4.78, 5) is 16.3. The summed E-state index contributed by atoms with van der Waals surface area (Å²) in [6.45, 7) is 6.28. The van der Waals surface area contributed by atoms with Crippen LogP contribution in [0.1, 0.15) is 25.8 Å². The third kappa shape index (κ3) is 3.24. The Hall–Kier alpha value is -2.04.